The number of carbonyl (C=O) groups is 1. The molecule has 0 saturated heterocycles. The number of amides is 1. The highest BCUT2D eigenvalue weighted by Crippen LogP contribution is 2.12. The standard InChI is InChI=1S/C23H32N4O3.HI/c1-4-30-14-6-13-24-23(25-16-19-9-11-22(29-3)12-10-19)26-17-20-7-5-8-21(15-20)27-18(2)28;/h5,7-12,15H,4,6,13-14,16-17H2,1-3H3,(H,27,28)(H2,24,25,26);1H. The minimum absolute atomic E-state index is 0. The molecule has 0 bridgehead atoms. The van der Waals surface area contributed by atoms with Crippen LogP contribution >= 0.6 is 24.0 Å². The number of ether oxygens (including phenoxy) is 2. The summed E-state index contributed by atoms with van der Waals surface area (Å²) in [5.74, 6) is 1.47. The number of nitrogens with one attached hydrogen (secondary N) is 3. The lowest BCUT2D eigenvalue weighted by Crippen LogP contribution is -2.37. The van der Waals surface area contributed by atoms with E-state index in [1.165, 1.54) is 6.92 Å². The lowest BCUT2D eigenvalue weighted by atomic mass is 10.2. The summed E-state index contributed by atoms with van der Waals surface area (Å²) < 4.78 is 10.6. The van der Waals surface area contributed by atoms with Gasteiger partial charge in [0.05, 0.1) is 13.7 Å². The fourth-order valence-electron chi connectivity index (χ4n) is 2.75. The predicted molar refractivity (Wildman–Crippen MR) is 136 cm³/mol. The summed E-state index contributed by atoms with van der Waals surface area (Å²) in [6.07, 6.45) is 0.898. The van der Waals surface area contributed by atoms with Crippen molar-refractivity contribution < 1.29 is 14.3 Å². The maximum atomic E-state index is 11.3. The third kappa shape index (κ3) is 11.0. The van der Waals surface area contributed by atoms with Crippen LogP contribution in [0.4, 0.5) is 5.69 Å². The van der Waals surface area contributed by atoms with Crippen LogP contribution in [0.2, 0.25) is 0 Å². The monoisotopic (exact) mass is 540 g/mol. The highest BCUT2D eigenvalue weighted by molar-refractivity contribution is 14.0. The van der Waals surface area contributed by atoms with E-state index in [1.54, 1.807) is 7.11 Å². The van der Waals surface area contributed by atoms with Crippen molar-refractivity contribution >= 4 is 41.5 Å². The average molecular weight is 540 g/mol. The Balaban J connectivity index is 0.00000480. The molecule has 2 rings (SSSR count). The van der Waals surface area contributed by atoms with Gasteiger partial charge in [-0.1, -0.05) is 24.3 Å². The molecule has 0 aliphatic heterocycles. The van der Waals surface area contributed by atoms with E-state index in [2.05, 4.69) is 16.0 Å². The summed E-state index contributed by atoms with van der Waals surface area (Å²) in [6.45, 7) is 6.84. The molecule has 0 aromatic heterocycles. The third-order valence-electron chi connectivity index (χ3n) is 4.25. The molecule has 0 unspecified atom stereocenters. The molecule has 2 aromatic carbocycles. The van der Waals surface area contributed by atoms with Gasteiger partial charge in [0.2, 0.25) is 5.91 Å². The van der Waals surface area contributed by atoms with Gasteiger partial charge < -0.3 is 25.4 Å². The van der Waals surface area contributed by atoms with Crippen LogP contribution in [0.1, 0.15) is 31.4 Å². The first-order valence-electron chi connectivity index (χ1n) is 10.2. The minimum atomic E-state index is -0.0894. The van der Waals surface area contributed by atoms with Crippen molar-refractivity contribution in [3.05, 3.63) is 59.7 Å². The third-order valence-corrected chi connectivity index (χ3v) is 4.25. The number of benzene rings is 2. The number of carbonyl (C=O) groups excluding carboxylic acids is 1. The van der Waals surface area contributed by atoms with E-state index in [9.17, 15) is 4.79 Å². The molecule has 0 aliphatic rings. The Bertz CT molecular complexity index is 813. The Hall–Kier alpha value is -2.33. The van der Waals surface area contributed by atoms with Gasteiger partial charge in [0.1, 0.15) is 5.75 Å². The van der Waals surface area contributed by atoms with E-state index in [-0.39, 0.29) is 29.9 Å². The van der Waals surface area contributed by atoms with Gasteiger partial charge in [-0.2, -0.15) is 0 Å². The van der Waals surface area contributed by atoms with Crippen LogP contribution in [0.3, 0.4) is 0 Å². The Kier molecular flexibility index (Phi) is 13.3. The summed E-state index contributed by atoms with van der Waals surface area (Å²) in [5, 5.41) is 9.52. The molecule has 2 aromatic rings. The second kappa shape index (κ2) is 15.5. The molecular formula is C23H33IN4O3. The van der Waals surface area contributed by atoms with Crippen molar-refractivity contribution in [3.63, 3.8) is 0 Å². The van der Waals surface area contributed by atoms with Crippen molar-refractivity contribution in [1.29, 1.82) is 0 Å². The van der Waals surface area contributed by atoms with Crippen LogP contribution < -0.4 is 20.7 Å². The Morgan fingerprint density at radius 3 is 2.52 bits per heavy atom. The molecule has 170 valence electrons. The second-order valence-corrected chi connectivity index (χ2v) is 6.73. The van der Waals surface area contributed by atoms with Crippen LogP contribution in [0.15, 0.2) is 53.5 Å². The number of nitrogens with zero attached hydrogens (tertiary/aromatic N) is 1. The smallest absolute Gasteiger partial charge is 0.221 e. The van der Waals surface area contributed by atoms with E-state index in [4.69, 9.17) is 14.5 Å². The minimum Gasteiger partial charge on any atom is -0.497 e. The molecule has 31 heavy (non-hydrogen) atoms. The maximum Gasteiger partial charge on any atom is 0.221 e. The van der Waals surface area contributed by atoms with Crippen molar-refractivity contribution in [2.75, 3.05) is 32.2 Å². The quantitative estimate of drug-likeness (QED) is 0.174. The molecule has 0 spiro atoms. The molecule has 3 N–H and O–H groups in total. The normalized spacial score (nSPS) is 10.7. The molecule has 0 aliphatic carbocycles. The fraction of sp³-hybridized carbons (Fsp3) is 0.391. The Morgan fingerprint density at radius 2 is 1.84 bits per heavy atom. The highest BCUT2D eigenvalue weighted by atomic mass is 127. The first-order chi connectivity index (χ1) is 14.6. The Morgan fingerprint density at radius 1 is 1.06 bits per heavy atom. The SMILES string of the molecule is CCOCCCNC(=NCc1cccc(NC(C)=O)c1)NCc1ccc(OC)cc1.I. The summed E-state index contributed by atoms with van der Waals surface area (Å²) in [6, 6.07) is 15.6. The van der Waals surface area contributed by atoms with Crippen molar-refractivity contribution in [3.8, 4) is 5.75 Å². The number of methoxy groups -OCH3 is 1. The molecule has 0 saturated carbocycles. The average Bonchev–Trinajstić information content (AvgIpc) is 2.75. The van der Waals surface area contributed by atoms with Gasteiger partial charge in [-0.3, -0.25) is 4.79 Å². The number of hydrogen-bond donors (Lipinski definition) is 3. The number of aliphatic imine (C=N–C) groups is 1. The summed E-state index contributed by atoms with van der Waals surface area (Å²) in [5.41, 5.74) is 2.92. The van der Waals surface area contributed by atoms with E-state index >= 15 is 0 Å². The van der Waals surface area contributed by atoms with Crippen LogP contribution in [0.5, 0.6) is 5.75 Å². The number of halogens is 1. The predicted octanol–water partition coefficient (Wildman–Crippen LogP) is 3.93. The lowest BCUT2D eigenvalue weighted by Gasteiger charge is -2.13. The van der Waals surface area contributed by atoms with Crippen molar-refractivity contribution in [2.24, 2.45) is 4.99 Å². The summed E-state index contributed by atoms with van der Waals surface area (Å²) >= 11 is 0. The largest absolute Gasteiger partial charge is 0.497 e. The zero-order chi connectivity index (χ0) is 21.6. The fourth-order valence-corrected chi connectivity index (χ4v) is 2.75. The van der Waals surface area contributed by atoms with Crippen LogP contribution in [0.25, 0.3) is 0 Å². The zero-order valence-electron chi connectivity index (χ0n) is 18.4. The molecule has 1 amide bonds. The van der Waals surface area contributed by atoms with Gasteiger partial charge >= 0.3 is 0 Å². The summed E-state index contributed by atoms with van der Waals surface area (Å²) in [7, 11) is 1.66. The lowest BCUT2D eigenvalue weighted by molar-refractivity contribution is -0.114. The first-order valence-corrected chi connectivity index (χ1v) is 10.2. The van der Waals surface area contributed by atoms with E-state index < -0.39 is 0 Å². The van der Waals surface area contributed by atoms with Crippen LogP contribution in [-0.4, -0.2) is 38.7 Å². The second-order valence-electron chi connectivity index (χ2n) is 6.73. The number of hydrogen-bond acceptors (Lipinski definition) is 4. The van der Waals surface area contributed by atoms with Gasteiger partial charge in [-0.05, 0) is 48.7 Å². The van der Waals surface area contributed by atoms with Crippen LogP contribution in [-0.2, 0) is 22.6 Å². The summed E-state index contributed by atoms with van der Waals surface area (Å²) in [4.78, 5) is 16.0. The Labute approximate surface area is 202 Å². The molecule has 0 radical (unpaired) electrons. The molecule has 7 nitrogen and oxygen atoms in total. The van der Waals surface area contributed by atoms with Crippen molar-refractivity contribution in [1.82, 2.24) is 10.6 Å². The molecule has 0 fully saturated rings. The van der Waals surface area contributed by atoms with E-state index in [0.717, 1.165) is 48.1 Å². The van der Waals surface area contributed by atoms with Gasteiger partial charge in [-0.25, -0.2) is 4.99 Å². The van der Waals surface area contributed by atoms with Gasteiger partial charge in [-0.15, -0.1) is 24.0 Å². The van der Waals surface area contributed by atoms with Crippen LogP contribution in [0, 0.1) is 0 Å². The van der Waals surface area contributed by atoms with Gasteiger partial charge in [0, 0.05) is 38.9 Å². The maximum absolute atomic E-state index is 11.3. The number of rotatable bonds is 11. The topological polar surface area (TPSA) is 84.0 Å². The van der Waals surface area contributed by atoms with Gasteiger partial charge in [0.25, 0.3) is 0 Å². The number of guanidine groups is 1. The van der Waals surface area contributed by atoms with Crippen molar-refractivity contribution in [2.45, 2.75) is 33.4 Å². The van der Waals surface area contributed by atoms with E-state index in [0.29, 0.717) is 19.7 Å². The molecular weight excluding hydrogens is 507 g/mol. The molecule has 8 heteroatoms. The zero-order valence-corrected chi connectivity index (χ0v) is 20.8. The van der Waals surface area contributed by atoms with Gasteiger partial charge in [0.15, 0.2) is 5.96 Å². The highest BCUT2D eigenvalue weighted by Gasteiger charge is 2.02. The molecule has 0 atom stereocenters. The molecule has 0 heterocycles. The first kappa shape index (κ1) is 26.7. The van der Waals surface area contributed by atoms with E-state index in [1.807, 2.05) is 55.5 Å². The number of anilines is 1.